The van der Waals surface area contributed by atoms with Crippen LogP contribution >= 0.6 is 0 Å². The Bertz CT molecular complexity index is 1490. The number of aliphatic carboxylic acids is 1. The summed E-state index contributed by atoms with van der Waals surface area (Å²) in [5.74, 6) is -2.59. The SMILES string of the molecule is COc1ccc(C2C(C(=O)c3ccccc3)C(c3ccccc3)C(C)(C(=O)O)N2C(=O)Nc2ccccc2)cc1. The molecule has 7 heteroatoms. The quantitative estimate of drug-likeness (QED) is 0.267. The molecule has 7 nitrogen and oxygen atoms in total. The summed E-state index contributed by atoms with van der Waals surface area (Å²) in [4.78, 5) is 43.2. The van der Waals surface area contributed by atoms with E-state index < -0.39 is 35.4 Å². The van der Waals surface area contributed by atoms with E-state index in [0.29, 0.717) is 28.1 Å². The van der Waals surface area contributed by atoms with Crippen molar-refractivity contribution in [2.24, 2.45) is 5.92 Å². The maximum absolute atomic E-state index is 14.4. The molecule has 2 N–H and O–H groups in total. The van der Waals surface area contributed by atoms with E-state index in [9.17, 15) is 19.5 Å². The maximum Gasteiger partial charge on any atom is 0.330 e. The maximum atomic E-state index is 14.4. The Balaban J connectivity index is 1.76. The van der Waals surface area contributed by atoms with Crippen LogP contribution in [0, 0.1) is 5.92 Å². The lowest BCUT2D eigenvalue weighted by Crippen LogP contribution is -2.55. The zero-order chi connectivity index (χ0) is 28.3. The van der Waals surface area contributed by atoms with Crippen molar-refractivity contribution < 1.29 is 24.2 Å². The molecule has 2 amide bonds. The number of hydrogen-bond donors (Lipinski definition) is 2. The van der Waals surface area contributed by atoms with Gasteiger partial charge in [-0.15, -0.1) is 0 Å². The first-order chi connectivity index (χ1) is 19.4. The molecular formula is C33H30N2O5. The van der Waals surface area contributed by atoms with Gasteiger partial charge in [0.15, 0.2) is 5.78 Å². The number of carbonyl (C=O) groups is 3. The number of amides is 2. The van der Waals surface area contributed by atoms with E-state index in [-0.39, 0.29) is 5.78 Å². The number of anilines is 1. The van der Waals surface area contributed by atoms with Gasteiger partial charge in [-0.05, 0) is 42.3 Å². The number of benzene rings is 4. The van der Waals surface area contributed by atoms with Crippen molar-refractivity contribution in [3.8, 4) is 5.75 Å². The molecule has 5 rings (SSSR count). The van der Waals surface area contributed by atoms with Gasteiger partial charge in [-0.25, -0.2) is 9.59 Å². The summed E-state index contributed by atoms with van der Waals surface area (Å²) < 4.78 is 5.34. The molecule has 1 heterocycles. The van der Waals surface area contributed by atoms with E-state index in [4.69, 9.17) is 4.74 Å². The largest absolute Gasteiger partial charge is 0.497 e. The monoisotopic (exact) mass is 534 g/mol. The van der Waals surface area contributed by atoms with Gasteiger partial charge in [0.25, 0.3) is 0 Å². The molecule has 1 fully saturated rings. The Kier molecular flexibility index (Phi) is 7.38. The average molecular weight is 535 g/mol. The summed E-state index contributed by atoms with van der Waals surface area (Å²) in [6, 6.07) is 32.4. The summed E-state index contributed by atoms with van der Waals surface area (Å²) in [5.41, 5.74) is 0.479. The van der Waals surface area contributed by atoms with Crippen molar-refractivity contribution >= 4 is 23.5 Å². The lowest BCUT2D eigenvalue weighted by atomic mass is 9.71. The lowest BCUT2D eigenvalue weighted by molar-refractivity contribution is -0.148. The summed E-state index contributed by atoms with van der Waals surface area (Å²) in [6.45, 7) is 1.53. The van der Waals surface area contributed by atoms with E-state index in [1.807, 2.05) is 42.5 Å². The van der Waals surface area contributed by atoms with Crippen LogP contribution in [0.15, 0.2) is 115 Å². The Morgan fingerprint density at radius 2 is 1.32 bits per heavy atom. The van der Waals surface area contributed by atoms with Gasteiger partial charge in [0.1, 0.15) is 11.3 Å². The number of nitrogens with one attached hydrogen (secondary N) is 1. The first-order valence-electron chi connectivity index (χ1n) is 13.0. The van der Waals surface area contributed by atoms with Gasteiger partial charge in [-0.3, -0.25) is 9.69 Å². The van der Waals surface area contributed by atoms with Crippen LogP contribution in [0.25, 0.3) is 0 Å². The number of hydrogen-bond acceptors (Lipinski definition) is 4. The molecule has 0 radical (unpaired) electrons. The molecule has 4 aromatic carbocycles. The smallest absolute Gasteiger partial charge is 0.330 e. The van der Waals surface area contributed by atoms with E-state index in [1.165, 1.54) is 11.8 Å². The number of carbonyl (C=O) groups excluding carboxylic acids is 2. The zero-order valence-corrected chi connectivity index (χ0v) is 22.2. The molecular weight excluding hydrogens is 504 g/mol. The van der Waals surface area contributed by atoms with Crippen LogP contribution in [-0.2, 0) is 4.79 Å². The number of rotatable bonds is 7. The van der Waals surface area contributed by atoms with Gasteiger partial charge in [0.2, 0.25) is 0 Å². The van der Waals surface area contributed by atoms with Crippen LogP contribution in [0.2, 0.25) is 0 Å². The molecule has 4 atom stereocenters. The highest BCUT2D eigenvalue weighted by atomic mass is 16.5. The molecule has 0 aromatic heterocycles. The van der Waals surface area contributed by atoms with Crippen molar-refractivity contribution in [1.82, 2.24) is 4.90 Å². The molecule has 4 aromatic rings. The minimum absolute atomic E-state index is 0.238. The molecule has 0 bridgehead atoms. The molecule has 40 heavy (non-hydrogen) atoms. The predicted octanol–water partition coefficient (Wildman–Crippen LogP) is 6.41. The first kappa shape index (κ1) is 26.7. The van der Waals surface area contributed by atoms with Crippen LogP contribution in [0.5, 0.6) is 5.75 Å². The summed E-state index contributed by atoms with van der Waals surface area (Å²) in [7, 11) is 1.55. The van der Waals surface area contributed by atoms with Crippen LogP contribution in [0.3, 0.4) is 0 Å². The number of ether oxygens (including phenoxy) is 1. The minimum Gasteiger partial charge on any atom is -0.497 e. The number of ketones is 1. The van der Waals surface area contributed by atoms with E-state index >= 15 is 0 Å². The van der Waals surface area contributed by atoms with Gasteiger partial charge in [-0.2, -0.15) is 0 Å². The van der Waals surface area contributed by atoms with Gasteiger partial charge in [0.05, 0.1) is 19.1 Å². The normalized spacial score (nSPS) is 21.9. The van der Waals surface area contributed by atoms with Crippen molar-refractivity contribution in [1.29, 1.82) is 0 Å². The standard InChI is InChI=1S/C33H30N2O5/c1-33(31(37)38)28(22-12-6-3-7-13-22)27(30(36)24-14-8-4-9-15-24)29(23-18-20-26(40-2)21-19-23)35(33)32(39)34-25-16-10-5-11-17-25/h3-21,27-29H,1-2H3,(H,34,39)(H,37,38). The Labute approximate surface area is 233 Å². The second-order valence-electron chi connectivity index (χ2n) is 9.98. The second-order valence-corrected chi connectivity index (χ2v) is 9.98. The number of Topliss-reactive ketones (excluding diaryl/α,β-unsaturated/α-hetero) is 1. The number of carboxylic acids is 1. The number of likely N-dealkylation sites (tertiary alicyclic amines) is 1. The number of urea groups is 1. The van der Waals surface area contributed by atoms with E-state index in [1.54, 1.807) is 79.9 Å². The fourth-order valence-corrected chi connectivity index (χ4v) is 5.85. The van der Waals surface area contributed by atoms with E-state index in [2.05, 4.69) is 5.32 Å². The zero-order valence-electron chi connectivity index (χ0n) is 22.2. The fraction of sp³-hybridized carbons (Fsp3) is 0.182. The highest BCUT2D eigenvalue weighted by molar-refractivity contribution is 6.03. The average Bonchev–Trinajstić information content (AvgIpc) is 3.28. The third-order valence-corrected chi connectivity index (χ3v) is 7.74. The number of nitrogens with zero attached hydrogens (tertiary/aromatic N) is 1. The van der Waals surface area contributed by atoms with Crippen molar-refractivity contribution in [2.75, 3.05) is 12.4 Å². The van der Waals surface area contributed by atoms with Gasteiger partial charge >= 0.3 is 12.0 Å². The summed E-state index contributed by atoms with van der Waals surface area (Å²) in [5, 5.41) is 13.7. The highest BCUT2D eigenvalue weighted by Crippen LogP contribution is 2.56. The van der Waals surface area contributed by atoms with Crippen LogP contribution in [0.4, 0.5) is 10.5 Å². The fourth-order valence-electron chi connectivity index (χ4n) is 5.85. The lowest BCUT2D eigenvalue weighted by Gasteiger charge is -2.37. The third-order valence-electron chi connectivity index (χ3n) is 7.74. The first-order valence-corrected chi connectivity index (χ1v) is 13.0. The molecule has 0 aliphatic carbocycles. The highest BCUT2D eigenvalue weighted by Gasteiger charge is 2.65. The van der Waals surface area contributed by atoms with Crippen molar-refractivity contribution in [2.45, 2.75) is 24.4 Å². The van der Waals surface area contributed by atoms with Crippen LogP contribution < -0.4 is 10.1 Å². The van der Waals surface area contributed by atoms with Gasteiger partial charge in [0, 0.05) is 17.2 Å². The summed E-state index contributed by atoms with van der Waals surface area (Å²) in [6.07, 6.45) is 0. The minimum atomic E-state index is -1.78. The molecule has 0 saturated carbocycles. The van der Waals surface area contributed by atoms with Gasteiger partial charge < -0.3 is 15.2 Å². The topological polar surface area (TPSA) is 95.9 Å². The third kappa shape index (κ3) is 4.71. The number of carboxylic acid groups (broad SMARTS) is 1. The summed E-state index contributed by atoms with van der Waals surface area (Å²) >= 11 is 0. The van der Waals surface area contributed by atoms with Crippen LogP contribution in [0.1, 0.15) is 40.4 Å². The molecule has 1 aliphatic heterocycles. The van der Waals surface area contributed by atoms with Gasteiger partial charge in [-0.1, -0.05) is 91.0 Å². The second kappa shape index (κ2) is 11.1. The Morgan fingerprint density at radius 1 is 0.775 bits per heavy atom. The molecule has 0 spiro atoms. The molecule has 1 aliphatic rings. The molecule has 202 valence electrons. The van der Waals surface area contributed by atoms with Crippen molar-refractivity contribution in [3.05, 3.63) is 132 Å². The van der Waals surface area contributed by atoms with Crippen molar-refractivity contribution in [3.63, 3.8) is 0 Å². The Hall–Kier alpha value is -4.91. The Morgan fingerprint density at radius 3 is 1.88 bits per heavy atom. The number of methoxy groups -OCH3 is 1. The van der Waals surface area contributed by atoms with E-state index in [0.717, 1.165) is 0 Å². The van der Waals surface area contributed by atoms with Crippen LogP contribution in [-0.4, -0.2) is 40.4 Å². The molecule has 4 unspecified atom stereocenters. The predicted molar refractivity (Wildman–Crippen MR) is 153 cm³/mol. The molecule has 1 saturated heterocycles. The number of para-hydroxylation sites is 1.